The molecule has 0 spiro atoms. The van der Waals surface area contributed by atoms with Gasteiger partial charge in [-0.15, -0.1) is 0 Å². The quantitative estimate of drug-likeness (QED) is 0.797. The van der Waals surface area contributed by atoms with Gasteiger partial charge in [-0.25, -0.2) is 4.39 Å². The minimum Gasteiger partial charge on any atom is -0.316 e. The van der Waals surface area contributed by atoms with Gasteiger partial charge >= 0.3 is 0 Å². The third kappa shape index (κ3) is 1.98. The van der Waals surface area contributed by atoms with Crippen molar-refractivity contribution in [1.29, 1.82) is 0 Å². The number of piperidine rings is 1. The van der Waals surface area contributed by atoms with Crippen LogP contribution in [0, 0.1) is 11.7 Å². The van der Waals surface area contributed by atoms with E-state index in [1.54, 1.807) is 12.1 Å². The first-order chi connectivity index (χ1) is 8.25. The lowest BCUT2D eigenvalue weighted by Crippen LogP contribution is -2.43. The van der Waals surface area contributed by atoms with Crippen molar-refractivity contribution >= 4 is 0 Å². The zero-order valence-electron chi connectivity index (χ0n) is 10.2. The Kier molecular flexibility index (Phi) is 2.89. The minimum atomic E-state index is -0.140. The average molecular weight is 234 g/mol. The Labute approximate surface area is 102 Å². The topological polar surface area (TPSA) is 15.3 Å². The number of likely N-dealkylation sites (tertiary alicyclic amines) is 1. The summed E-state index contributed by atoms with van der Waals surface area (Å²) in [5.74, 6) is 1.09. The smallest absolute Gasteiger partial charge is 0.123 e. The van der Waals surface area contributed by atoms with E-state index >= 15 is 0 Å². The van der Waals surface area contributed by atoms with E-state index in [-0.39, 0.29) is 5.82 Å². The van der Waals surface area contributed by atoms with Gasteiger partial charge in [-0.05, 0) is 43.6 Å². The van der Waals surface area contributed by atoms with Crippen LogP contribution in [0.3, 0.4) is 0 Å². The fourth-order valence-corrected chi connectivity index (χ4v) is 3.47. The second-order valence-electron chi connectivity index (χ2n) is 5.32. The van der Waals surface area contributed by atoms with Crippen molar-refractivity contribution in [3.8, 4) is 0 Å². The van der Waals surface area contributed by atoms with Gasteiger partial charge in [0.2, 0.25) is 0 Å². The summed E-state index contributed by atoms with van der Waals surface area (Å²) in [5, 5.41) is 3.49. The zero-order chi connectivity index (χ0) is 11.8. The van der Waals surface area contributed by atoms with Gasteiger partial charge in [0, 0.05) is 25.0 Å². The SMILES string of the molecule is CN1C[C@@H](c2ccc(F)cc2)[C@@H]2CNCC[C@@H]21. The number of benzene rings is 1. The van der Waals surface area contributed by atoms with Crippen molar-refractivity contribution in [2.75, 3.05) is 26.7 Å². The Hall–Kier alpha value is -0.930. The van der Waals surface area contributed by atoms with E-state index in [1.807, 2.05) is 12.1 Å². The third-order valence-electron chi connectivity index (χ3n) is 4.36. The summed E-state index contributed by atoms with van der Waals surface area (Å²) in [5.41, 5.74) is 1.29. The van der Waals surface area contributed by atoms with Crippen LogP contribution in [-0.4, -0.2) is 37.6 Å². The maximum atomic E-state index is 13.0. The summed E-state index contributed by atoms with van der Waals surface area (Å²) in [7, 11) is 2.21. The van der Waals surface area contributed by atoms with Crippen LogP contribution < -0.4 is 5.32 Å². The van der Waals surface area contributed by atoms with Crippen LogP contribution in [0.15, 0.2) is 24.3 Å². The molecule has 2 saturated heterocycles. The van der Waals surface area contributed by atoms with Crippen molar-refractivity contribution < 1.29 is 4.39 Å². The molecule has 2 aliphatic rings. The molecule has 3 heteroatoms. The largest absolute Gasteiger partial charge is 0.316 e. The number of fused-ring (bicyclic) bond motifs is 1. The predicted octanol–water partition coefficient (Wildman–Crippen LogP) is 1.83. The van der Waals surface area contributed by atoms with E-state index in [0.29, 0.717) is 17.9 Å². The van der Waals surface area contributed by atoms with Crippen molar-refractivity contribution in [3.05, 3.63) is 35.6 Å². The predicted molar refractivity (Wildman–Crippen MR) is 66.5 cm³/mol. The van der Waals surface area contributed by atoms with Gasteiger partial charge in [-0.2, -0.15) is 0 Å². The highest BCUT2D eigenvalue weighted by molar-refractivity contribution is 5.24. The van der Waals surface area contributed by atoms with Crippen LogP contribution in [0.2, 0.25) is 0 Å². The lowest BCUT2D eigenvalue weighted by molar-refractivity contribution is 0.223. The van der Waals surface area contributed by atoms with E-state index in [2.05, 4.69) is 17.3 Å². The Bertz CT molecular complexity index is 390. The lowest BCUT2D eigenvalue weighted by atomic mass is 9.82. The Morgan fingerprint density at radius 1 is 1.29 bits per heavy atom. The summed E-state index contributed by atoms with van der Waals surface area (Å²) in [4.78, 5) is 2.47. The van der Waals surface area contributed by atoms with E-state index in [4.69, 9.17) is 0 Å². The molecule has 17 heavy (non-hydrogen) atoms. The highest BCUT2D eigenvalue weighted by Gasteiger charge is 2.41. The monoisotopic (exact) mass is 234 g/mol. The maximum absolute atomic E-state index is 13.0. The zero-order valence-corrected chi connectivity index (χ0v) is 10.2. The number of nitrogens with one attached hydrogen (secondary N) is 1. The maximum Gasteiger partial charge on any atom is 0.123 e. The number of hydrogen-bond donors (Lipinski definition) is 1. The first kappa shape index (κ1) is 11.2. The molecule has 2 fully saturated rings. The minimum absolute atomic E-state index is 0.140. The van der Waals surface area contributed by atoms with Crippen LogP contribution in [0.5, 0.6) is 0 Å². The number of hydrogen-bond acceptors (Lipinski definition) is 2. The molecule has 2 nitrogen and oxygen atoms in total. The van der Waals surface area contributed by atoms with Gasteiger partial charge in [0.1, 0.15) is 5.82 Å². The first-order valence-electron chi connectivity index (χ1n) is 6.42. The summed E-state index contributed by atoms with van der Waals surface area (Å²) in [6, 6.07) is 7.76. The number of halogens is 1. The summed E-state index contributed by atoms with van der Waals surface area (Å²) in [6.45, 7) is 3.32. The molecule has 0 radical (unpaired) electrons. The van der Waals surface area contributed by atoms with Crippen molar-refractivity contribution in [2.45, 2.75) is 18.4 Å². The fourth-order valence-electron chi connectivity index (χ4n) is 3.47. The molecule has 0 bridgehead atoms. The number of likely N-dealkylation sites (N-methyl/N-ethyl adjacent to an activating group) is 1. The molecule has 3 rings (SSSR count). The number of nitrogens with zero attached hydrogens (tertiary/aromatic N) is 1. The molecule has 92 valence electrons. The summed E-state index contributed by atoms with van der Waals surface area (Å²) < 4.78 is 13.0. The molecule has 1 aromatic rings. The molecule has 0 saturated carbocycles. The third-order valence-corrected chi connectivity index (χ3v) is 4.36. The molecule has 0 aliphatic carbocycles. The molecular weight excluding hydrogens is 215 g/mol. The molecule has 0 amide bonds. The normalized spacial score (nSPS) is 33.6. The van der Waals surface area contributed by atoms with Gasteiger partial charge < -0.3 is 10.2 Å². The van der Waals surface area contributed by atoms with E-state index < -0.39 is 0 Å². The van der Waals surface area contributed by atoms with Crippen LogP contribution in [-0.2, 0) is 0 Å². The Balaban J connectivity index is 1.85. The standard InChI is InChI=1S/C14H19FN2/c1-17-9-13(10-2-4-11(15)5-3-10)12-8-16-7-6-14(12)17/h2-5,12-14,16H,6-9H2,1H3/t12-,13-,14-/m0/s1. The molecule has 2 aliphatic heterocycles. The fraction of sp³-hybridized carbons (Fsp3) is 0.571. The van der Waals surface area contributed by atoms with Gasteiger partial charge in [0.25, 0.3) is 0 Å². The molecule has 1 N–H and O–H groups in total. The van der Waals surface area contributed by atoms with Crippen LogP contribution in [0.1, 0.15) is 17.9 Å². The molecule has 2 heterocycles. The first-order valence-corrected chi connectivity index (χ1v) is 6.42. The molecule has 3 atom stereocenters. The molecule has 0 unspecified atom stereocenters. The van der Waals surface area contributed by atoms with Crippen molar-refractivity contribution in [1.82, 2.24) is 10.2 Å². The highest BCUT2D eigenvalue weighted by atomic mass is 19.1. The van der Waals surface area contributed by atoms with Gasteiger partial charge in [-0.1, -0.05) is 12.1 Å². The van der Waals surface area contributed by atoms with Crippen molar-refractivity contribution in [3.63, 3.8) is 0 Å². The van der Waals surface area contributed by atoms with Crippen LogP contribution in [0.4, 0.5) is 4.39 Å². The van der Waals surface area contributed by atoms with Crippen LogP contribution in [0.25, 0.3) is 0 Å². The van der Waals surface area contributed by atoms with E-state index in [0.717, 1.165) is 19.6 Å². The summed E-state index contributed by atoms with van der Waals surface area (Å²) >= 11 is 0. The summed E-state index contributed by atoms with van der Waals surface area (Å²) in [6.07, 6.45) is 1.23. The van der Waals surface area contributed by atoms with Gasteiger partial charge in [0.05, 0.1) is 0 Å². The molecule has 0 aromatic heterocycles. The number of rotatable bonds is 1. The van der Waals surface area contributed by atoms with E-state index in [1.165, 1.54) is 12.0 Å². The van der Waals surface area contributed by atoms with Crippen LogP contribution >= 0.6 is 0 Å². The van der Waals surface area contributed by atoms with E-state index in [9.17, 15) is 4.39 Å². The average Bonchev–Trinajstić information content (AvgIpc) is 2.69. The highest BCUT2D eigenvalue weighted by Crippen LogP contribution is 2.38. The lowest BCUT2D eigenvalue weighted by Gasteiger charge is -2.31. The molecule has 1 aromatic carbocycles. The molecular formula is C14H19FN2. The Morgan fingerprint density at radius 2 is 2.06 bits per heavy atom. The van der Waals surface area contributed by atoms with Crippen molar-refractivity contribution in [2.24, 2.45) is 5.92 Å². The second kappa shape index (κ2) is 4.39. The second-order valence-corrected chi connectivity index (χ2v) is 5.32. The van der Waals surface area contributed by atoms with Gasteiger partial charge in [-0.3, -0.25) is 0 Å². The Morgan fingerprint density at radius 3 is 2.82 bits per heavy atom. The van der Waals surface area contributed by atoms with Gasteiger partial charge in [0.15, 0.2) is 0 Å².